The van der Waals surface area contributed by atoms with Crippen LogP contribution in [0.4, 0.5) is 13.2 Å². The van der Waals surface area contributed by atoms with Gasteiger partial charge in [0.1, 0.15) is 10.7 Å². The average molecular weight is 320 g/mol. The number of methoxy groups -OCH3 is 1. The first-order chi connectivity index (χ1) is 9.64. The smallest absolute Gasteiger partial charge is 0.401 e. The predicted octanol–water partition coefficient (Wildman–Crippen LogP) is 3.10. The molecular weight excluding hydrogens is 301 g/mol. The molecule has 0 unspecified atom stereocenters. The second-order valence-electron chi connectivity index (χ2n) is 5.01. The van der Waals surface area contributed by atoms with Crippen molar-refractivity contribution in [3.8, 4) is 5.75 Å². The van der Waals surface area contributed by atoms with E-state index in [2.05, 4.69) is 0 Å². The Hall–Kier alpha value is -1.34. The zero-order chi connectivity index (χ0) is 16.2. The summed E-state index contributed by atoms with van der Waals surface area (Å²) in [6.45, 7) is 2.66. The molecule has 0 fully saturated rings. The number of alkyl halides is 3. The molecule has 21 heavy (non-hydrogen) atoms. The van der Waals surface area contributed by atoms with Crippen molar-refractivity contribution in [2.75, 3.05) is 13.7 Å². The number of ether oxygens (including phenoxy) is 1. The minimum absolute atomic E-state index is 0.153. The minimum Gasteiger partial charge on any atom is -0.496 e. The molecule has 0 aliphatic rings. The van der Waals surface area contributed by atoms with E-state index < -0.39 is 12.7 Å². The summed E-state index contributed by atoms with van der Waals surface area (Å²) in [7, 11) is 1.49. The van der Waals surface area contributed by atoms with Crippen molar-refractivity contribution >= 4 is 17.2 Å². The molecule has 1 aromatic rings. The topological polar surface area (TPSA) is 38.5 Å². The van der Waals surface area contributed by atoms with E-state index in [-0.39, 0.29) is 17.6 Å². The fraction of sp³-hybridized carbons (Fsp3) is 0.500. The van der Waals surface area contributed by atoms with Crippen LogP contribution in [0, 0.1) is 0 Å². The Morgan fingerprint density at radius 3 is 2.43 bits per heavy atom. The predicted molar refractivity (Wildman–Crippen MR) is 80.5 cm³/mol. The number of benzene rings is 1. The maximum absolute atomic E-state index is 12.6. The molecule has 1 rings (SSSR count). The molecular formula is C14H19F3N2OS. The summed E-state index contributed by atoms with van der Waals surface area (Å²) < 4.78 is 42.9. The molecule has 0 bridgehead atoms. The quantitative estimate of drug-likeness (QED) is 0.818. The third-order valence-corrected chi connectivity index (χ3v) is 3.25. The van der Waals surface area contributed by atoms with E-state index >= 15 is 0 Å². The molecule has 0 radical (unpaired) electrons. The third-order valence-electron chi connectivity index (χ3n) is 3.03. The first-order valence-electron chi connectivity index (χ1n) is 6.41. The van der Waals surface area contributed by atoms with Crippen LogP contribution in [0.1, 0.15) is 25.0 Å². The highest BCUT2D eigenvalue weighted by Crippen LogP contribution is 2.23. The molecule has 118 valence electrons. The maximum atomic E-state index is 12.6. The summed E-state index contributed by atoms with van der Waals surface area (Å²) in [5.41, 5.74) is 6.84. The van der Waals surface area contributed by atoms with Crippen LogP contribution >= 0.6 is 12.2 Å². The zero-order valence-corrected chi connectivity index (χ0v) is 13.0. The van der Waals surface area contributed by atoms with Gasteiger partial charge in [-0.2, -0.15) is 13.2 Å². The van der Waals surface area contributed by atoms with Crippen LogP contribution in [-0.2, 0) is 6.54 Å². The van der Waals surface area contributed by atoms with Gasteiger partial charge < -0.3 is 10.5 Å². The number of nitrogens with zero attached hydrogens (tertiary/aromatic N) is 1. The van der Waals surface area contributed by atoms with Crippen LogP contribution < -0.4 is 10.5 Å². The van der Waals surface area contributed by atoms with Gasteiger partial charge in [-0.05, 0) is 31.5 Å². The first-order valence-corrected chi connectivity index (χ1v) is 6.82. The normalized spacial score (nSPS) is 12.0. The SMILES string of the molecule is COc1ccc(CN(CC(F)(F)F)C(C)C)cc1C(N)=S. The van der Waals surface area contributed by atoms with Gasteiger partial charge in [0.2, 0.25) is 0 Å². The lowest BCUT2D eigenvalue weighted by molar-refractivity contribution is -0.150. The van der Waals surface area contributed by atoms with E-state index in [1.807, 2.05) is 0 Å². The van der Waals surface area contributed by atoms with Crippen LogP contribution in [0.5, 0.6) is 5.75 Å². The van der Waals surface area contributed by atoms with Crippen LogP contribution in [0.3, 0.4) is 0 Å². The summed E-state index contributed by atoms with van der Waals surface area (Å²) in [5.74, 6) is 0.512. The highest BCUT2D eigenvalue weighted by Gasteiger charge is 2.31. The Kier molecular flexibility index (Phi) is 5.98. The number of halogens is 3. The van der Waals surface area contributed by atoms with E-state index in [1.54, 1.807) is 32.0 Å². The van der Waals surface area contributed by atoms with E-state index in [9.17, 15) is 13.2 Å². The van der Waals surface area contributed by atoms with Crippen molar-refractivity contribution in [1.29, 1.82) is 0 Å². The highest BCUT2D eigenvalue weighted by atomic mass is 32.1. The molecule has 0 amide bonds. The van der Waals surface area contributed by atoms with Gasteiger partial charge in [-0.15, -0.1) is 0 Å². The van der Waals surface area contributed by atoms with E-state index in [0.29, 0.717) is 16.9 Å². The van der Waals surface area contributed by atoms with Gasteiger partial charge in [0.05, 0.1) is 19.2 Å². The molecule has 7 heteroatoms. The number of hydrogen-bond donors (Lipinski definition) is 1. The van der Waals surface area contributed by atoms with Crippen molar-refractivity contribution in [3.63, 3.8) is 0 Å². The van der Waals surface area contributed by atoms with Gasteiger partial charge in [-0.25, -0.2) is 0 Å². The molecule has 0 heterocycles. The van der Waals surface area contributed by atoms with E-state index in [1.165, 1.54) is 12.0 Å². The number of thiocarbonyl (C=S) groups is 1. The average Bonchev–Trinajstić information content (AvgIpc) is 2.36. The summed E-state index contributed by atoms with van der Waals surface area (Å²) in [4.78, 5) is 1.49. The number of rotatable bonds is 6. The minimum atomic E-state index is -4.23. The lowest BCUT2D eigenvalue weighted by atomic mass is 10.1. The van der Waals surface area contributed by atoms with Crippen molar-refractivity contribution in [2.45, 2.75) is 32.6 Å². The molecule has 2 N–H and O–H groups in total. The van der Waals surface area contributed by atoms with E-state index in [0.717, 1.165) is 0 Å². The van der Waals surface area contributed by atoms with Gasteiger partial charge in [-0.1, -0.05) is 18.3 Å². The largest absolute Gasteiger partial charge is 0.496 e. The molecule has 0 aliphatic carbocycles. The maximum Gasteiger partial charge on any atom is 0.401 e. The molecule has 0 spiro atoms. The van der Waals surface area contributed by atoms with Gasteiger partial charge in [0.25, 0.3) is 0 Å². The van der Waals surface area contributed by atoms with Crippen molar-refractivity contribution in [3.05, 3.63) is 29.3 Å². The number of hydrogen-bond acceptors (Lipinski definition) is 3. The van der Waals surface area contributed by atoms with E-state index in [4.69, 9.17) is 22.7 Å². The van der Waals surface area contributed by atoms with Crippen LogP contribution in [0.25, 0.3) is 0 Å². The molecule has 0 aromatic heterocycles. The summed E-state index contributed by atoms with van der Waals surface area (Å²) in [6.07, 6.45) is -4.23. The molecule has 0 atom stereocenters. The van der Waals surface area contributed by atoms with Gasteiger partial charge in [0.15, 0.2) is 0 Å². The lowest BCUT2D eigenvalue weighted by Crippen LogP contribution is -2.38. The number of nitrogens with two attached hydrogens (primary N) is 1. The van der Waals surface area contributed by atoms with Crippen molar-refractivity contribution < 1.29 is 17.9 Å². The fourth-order valence-electron chi connectivity index (χ4n) is 1.93. The van der Waals surface area contributed by atoms with Crippen LogP contribution in [0.15, 0.2) is 18.2 Å². The highest BCUT2D eigenvalue weighted by molar-refractivity contribution is 7.80. The summed E-state index contributed by atoms with van der Waals surface area (Å²) in [5, 5.41) is 0. The van der Waals surface area contributed by atoms with Gasteiger partial charge in [0, 0.05) is 12.6 Å². The van der Waals surface area contributed by atoms with Crippen LogP contribution in [-0.4, -0.2) is 35.8 Å². The molecule has 0 aliphatic heterocycles. The zero-order valence-electron chi connectivity index (χ0n) is 12.2. The summed E-state index contributed by atoms with van der Waals surface area (Å²) in [6, 6.07) is 4.82. The Morgan fingerprint density at radius 2 is 2.00 bits per heavy atom. The Morgan fingerprint density at radius 1 is 1.38 bits per heavy atom. The molecule has 3 nitrogen and oxygen atoms in total. The fourth-order valence-corrected chi connectivity index (χ4v) is 2.09. The summed E-state index contributed by atoms with van der Waals surface area (Å²) >= 11 is 4.93. The Labute approximate surface area is 127 Å². The second-order valence-corrected chi connectivity index (χ2v) is 5.45. The lowest BCUT2D eigenvalue weighted by Gasteiger charge is -2.27. The molecule has 0 saturated heterocycles. The van der Waals surface area contributed by atoms with Crippen LogP contribution in [0.2, 0.25) is 0 Å². The Balaban J connectivity index is 2.99. The second kappa shape index (κ2) is 7.09. The molecule has 0 saturated carbocycles. The monoisotopic (exact) mass is 320 g/mol. The Bertz CT molecular complexity index is 503. The van der Waals surface area contributed by atoms with Crippen molar-refractivity contribution in [1.82, 2.24) is 4.90 Å². The van der Waals surface area contributed by atoms with Gasteiger partial charge in [-0.3, -0.25) is 4.90 Å². The first kappa shape index (κ1) is 17.7. The van der Waals surface area contributed by atoms with Crippen molar-refractivity contribution in [2.24, 2.45) is 5.73 Å². The molecule has 1 aromatic carbocycles. The van der Waals surface area contributed by atoms with Gasteiger partial charge >= 0.3 is 6.18 Å². The third kappa shape index (κ3) is 5.51. The standard InChI is InChI=1S/C14H19F3N2OS/c1-9(2)19(8-14(15,16)17)7-10-4-5-12(20-3)11(6-10)13(18)21/h4-6,9H,7-8H2,1-3H3,(H2,18,21).